The van der Waals surface area contributed by atoms with Gasteiger partial charge < -0.3 is 10.5 Å². The number of imidazole rings is 1. The first-order chi connectivity index (χ1) is 12.3. The van der Waals surface area contributed by atoms with Gasteiger partial charge in [-0.3, -0.25) is 9.11 Å². The van der Waals surface area contributed by atoms with Gasteiger partial charge in [0.25, 0.3) is 0 Å². The second kappa shape index (κ2) is 7.15. The molecule has 0 aliphatic heterocycles. The van der Waals surface area contributed by atoms with E-state index >= 15 is 0 Å². The first-order valence-electron chi connectivity index (χ1n) is 7.01. The highest BCUT2D eigenvalue weighted by atomic mass is 32.3. The van der Waals surface area contributed by atoms with E-state index in [-0.39, 0.29) is 11.4 Å². The average molecular weight is 393 g/mol. The molecular formula is C13H11F3N4O5S. The number of nitrogens with two attached hydrogens (primary N) is 1. The Morgan fingerprint density at radius 1 is 1.23 bits per heavy atom. The molecule has 9 nitrogen and oxygen atoms in total. The minimum Gasteiger partial charge on any atom is -0.406 e. The monoisotopic (exact) mass is 393 g/mol. The molecule has 0 saturated heterocycles. The Kier molecular flexibility index (Phi) is 4.92. The second-order valence-electron chi connectivity index (χ2n) is 4.60. The fourth-order valence-corrected chi connectivity index (χ4v) is 1.85. The Bertz CT molecular complexity index is 1060. The van der Waals surface area contributed by atoms with E-state index in [1.807, 2.05) is 0 Å². The lowest BCUT2D eigenvalue weighted by Gasteiger charge is -2.09. The molecule has 13 heteroatoms. The minimum absolute atomic E-state index is 0.201. The van der Waals surface area contributed by atoms with E-state index in [9.17, 15) is 13.2 Å². The van der Waals surface area contributed by atoms with E-state index in [2.05, 4.69) is 14.8 Å². The summed E-state index contributed by atoms with van der Waals surface area (Å²) in [4.78, 5) is 4.08. The van der Waals surface area contributed by atoms with Crippen LogP contribution in [0.25, 0.3) is 16.9 Å². The first kappa shape index (κ1) is 17.9. The van der Waals surface area contributed by atoms with Crippen molar-refractivity contribution in [2.24, 2.45) is 0 Å². The van der Waals surface area contributed by atoms with Gasteiger partial charge in [-0.1, -0.05) is 12.1 Å². The molecule has 0 spiro atoms. The van der Waals surface area contributed by atoms with Crippen molar-refractivity contribution in [1.29, 1.82) is 0 Å². The maximum absolute atomic E-state index is 12.3. The van der Waals surface area contributed by atoms with E-state index in [1.54, 1.807) is 12.1 Å². The molecule has 0 bridgehead atoms. The van der Waals surface area contributed by atoms with Gasteiger partial charge >= 0.3 is 16.8 Å². The van der Waals surface area contributed by atoms with Crippen LogP contribution in [-0.4, -0.2) is 38.5 Å². The normalized spacial score (nSPS) is 12.3. The molecule has 140 valence electrons. The number of aromatic nitrogens is 3. The Labute approximate surface area is 145 Å². The summed E-state index contributed by atoms with van der Waals surface area (Å²) in [5.74, 6) is -0.371. The minimum atomic E-state index is -4.86. The molecule has 0 atom stereocenters. The quantitative estimate of drug-likeness (QED) is 0.563. The highest BCUT2D eigenvalue weighted by Gasteiger charge is 2.31. The van der Waals surface area contributed by atoms with Gasteiger partial charge in [0, 0.05) is 5.56 Å². The summed E-state index contributed by atoms with van der Waals surface area (Å²) in [7, 11) is -4.67. The third-order valence-corrected chi connectivity index (χ3v) is 2.65. The van der Waals surface area contributed by atoms with Crippen molar-refractivity contribution in [1.82, 2.24) is 14.6 Å². The molecule has 3 rings (SSSR count). The summed E-state index contributed by atoms with van der Waals surface area (Å²) in [5, 5.41) is 4.04. The summed E-state index contributed by atoms with van der Waals surface area (Å²) >= 11 is 0. The molecule has 0 fully saturated rings. The molecule has 1 aromatic carbocycles. The number of fused-ring (bicyclic) bond motifs is 1. The number of benzene rings is 1. The van der Waals surface area contributed by atoms with Crippen molar-refractivity contribution in [2.75, 3.05) is 5.73 Å². The maximum atomic E-state index is 12.3. The topological polar surface area (TPSA) is 140 Å². The van der Waals surface area contributed by atoms with Gasteiger partial charge in [0.2, 0.25) is 0 Å². The molecule has 3 aromatic rings. The number of nitrogens with zero attached hydrogens (tertiary/aromatic N) is 3. The van der Waals surface area contributed by atoms with Gasteiger partial charge in [-0.25, -0.2) is 9.50 Å². The van der Waals surface area contributed by atoms with Crippen LogP contribution in [0.3, 0.4) is 0 Å². The number of ether oxygens (including phenoxy) is 1. The van der Waals surface area contributed by atoms with Crippen LogP contribution in [0.1, 0.15) is 1.37 Å². The van der Waals surface area contributed by atoms with Crippen LogP contribution in [-0.2, 0) is 10.4 Å². The fourth-order valence-electron chi connectivity index (χ4n) is 1.85. The molecule has 0 aliphatic rings. The van der Waals surface area contributed by atoms with Gasteiger partial charge in [0.1, 0.15) is 11.6 Å². The average Bonchev–Trinajstić information content (AvgIpc) is 2.89. The van der Waals surface area contributed by atoms with Crippen LogP contribution in [0, 0.1) is 0 Å². The van der Waals surface area contributed by atoms with Crippen molar-refractivity contribution in [3.8, 4) is 17.0 Å². The standard InChI is InChI=1S/C13H9F3N4O.H2O4S/c14-13(15,16)21-9-3-1-2-8(6-9)10-7-18-12-5-4-11(17)19-20(10)12;1-5(2,3)4/h1-7H,(H2,17,19);(H2,1,2,3,4)/i6D;. The van der Waals surface area contributed by atoms with Crippen molar-refractivity contribution >= 4 is 21.9 Å². The van der Waals surface area contributed by atoms with Crippen LogP contribution in [0.4, 0.5) is 19.0 Å². The summed E-state index contributed by atoms with van der Waals surface area (Å²) in [5.41, 5.74) is 6.61. The van der Waals surface area contributed by atoms with E-state index in [0.717, 1.165) is 6.07 Å². The number of alkyl halides is 3. The third kappa shape index (κ3) is 5.87. The number of anilines is 1. The zero-order chi connectivity index (χ0) is 20.4. The SMILES string of the molecule is O=S(=O)(O)O.[2H]c1c(OC(F)(F)F)cccc1-c1cnc2ccc(N)nn12. The largest absolute Gasteiger partial charge is 0.573 e. The summed E-state index contributed by atoms with van der Waals surface area (Å²) < 4.78 is 81.7. The van der Waals surface area contributed by atoms with Crippen molar-refractivity contribution in [3.63, 3.8) is 0 Å². The van der Waals surface area contributed by atoms with Crippen LogP contribution >= 0.6 is 0 Å². The molecule has 0 amide bonds. The van der Waals surface area contributed by atoms with E-state index in [4.69, 9.17) is 24.6 Å². The van der Waals surface area contributed by atoms with Gasteiger partial charge in [0.15, 0.2) is 5.65 Å². The number of rotatable bonds is 2. The fraction of sp³-hybridized carbons (Fsp3) is 0.0769. The number of hydrogen-bond donors (Lipinski definition) is 3. The number of halogens is 3. The molecule has 0 saturated carbocycles. The van der Waals surface area contributed by atoms with Gasteiger partial charge in [-0.2, -0.15) is 8.42 Å². The van der Waals surface area contributed by atoms with Crippen molar-refractivity contribution in [3.05, 3.63) is 42.6 Å². The summed E-state index contributed by atoms with van der Waals surface area (Å²) in [6.45, 7) is 0. The predicted molar refractivity (Wildman–Crippen MR) is 83.7 cm³/mol. The van der Waals surface area contributed by atoms with Crippen molar-refractivity contribution in [2.45, 2.75) is 6.36 Å². The third-order valence-electron chi connectivity index (χ3n) is 2.65. The van der Waals surface area contributed by atoms with Crippen LogP contribution in [0.5, 0.6) is 5.75 Å². The lowest BCUT2D eigenvalue weighted by Crippen LogP contribution is -2.17. The molecule has 0 radical (unpaired) electrons. The smallest absolute Gasteiger partial charge is 0.406 e. The Morgan fingerprint density at radius 3 is 2.50 bits per heavy atom. The summed E-state index contributed by atoms with van der Waals surface area (Å²) in [6, 6.07) is 6.68. The zero-order valence-electron chi connectivity index (χ0n) is 13.5. The highest BCUT2D eigenvalue weighted by Crippen LogP contribution is 2.28. The molecule has 26 heavy (non-hydrogen) atoms. The zero-order valence-corrected chi connectivity index (χ0v) is 13.4. The van der Waals surface area contributed by atoms with Crippen molar-refractivity contribution < 1.29 is 36.8 Å². The van der Waals surface area contributed by atoms with Gasteiger partial charge in [0.05, 0.1) is 13.3 Å². The van der Waals surface area contributed by atoms with E-state index in [1.165, 1.54) is 22.8 Å². The molecule has 0 aliphatic carbocycles. The van der Waals surface area contributed by atoms with Crippen LogP contribution < -0.4 is 10.5 Å². The van der Waals surface area contributed by atoms with Crippen LogP contribution in [0.15, 0.2) is 42.6 Å². The van der Waals surface area contributed by atoms with Gasteiger partial charge in [-0.15, -0.1) is 18.3 Å². The Hall–Kier alpha value is -2.90. The highest BCUT2D eigenvalue weighted by molar-refractivity contribution is 7.79. The number of hydrogen-bond acceptors (Lipinski definition) is 6. The van der Waals surface area contributed by atoms with E-state index in [0.29, 0.717) is 11.3 Å². The predicted octanol–water partition coefficient (Wildman–Crippen LogP) is 2.22. The van der Waals surface area contributed by atoms with Crippen LogP contribution in [0.2, 0.25) is 0 Å². The second-order valence-corrected chi connectivity index (χ2v) is 5.49. The Balaban J connectivity index is 0.000000465. The molecular weight excluding hydrogens is 381 g/mol. The van der Waals surface area contributed by atoms with Gasteiger partial charge in [-0.05, 0) is 24.2 Å². The molecule has 4 N–H and O–H groups in total. The summed E-state index contributed by atoms with van der Waals surface area (Å²) in [6.07, 6.45) is -3.46. The number of nitrogen functional groups attached to an aromatic ring is 1. The first-order valence-corrected chi connectivity index (χ1v) is 7.91. The lowest BCUT2D eigenvalue weighted by atomic mass is 10.1. The van der Waals surface area contributed by atoms with E-state index < -0.39 is 28.6 Å². The molecule has 0 unspecified atom stereocenters. The lowest BCUT2D eigenvalue weighted by molar-refractivity contribution is -0.274. The molecule has 2 heterocycles. The molecule has 2 aromatic heterocycles. The maximum Gasteiger partial charge on any atom is 0.573 e. The Morgan fingerprint density at radius 2 is 1.88 bits per heavy atom.